The van der Waals surface area contributed by atoms with Crippen LogP contribution in [0, 0.1) is 13.8 Å². The molecule has 4 rings (SSSR count). The van der Waals surface area contributed by atoms with Gasteiger partial charge in [0.15, 0.2) is 4.96 Å². The molecule has 0 unspecified atom stereocenters. The van der Waals surface area contributed by atoms with E-state index in [2.05, 4.69) is 10.3 Å². The van der Waals surface area contributed by atoms with Crippen molar-refractivity contribution in [3.05, 3.63) is 86.8 Å². The fraction of sp³-hybridized carbons (Fsp3) is 0.174. The number of aryl methyl sites for hydroxylation is 2. The van der Waals surface area contributed by atoms with E-state index < -0.39 is 0 Å². The molecule has 1 N–H and O–H groups in total. The summed E-state index contributed by atoms with van der Waals surface area (Å²) in [6.45, 7) is 3.90. The Hall–Kier alpha value is -3.65. The van der Waals surface area contributed by atoms with Crippen LogP contribution in [0.4, 0.5) is 5.69 Å². The molecule has 2 aromatic carbocycles. The smallest absolute Gasteiger partial charge is 0.259 e. The van der Waals surface area contributed by atoms with Gasteiger partial charge >= 0.3 is 0 Å². The maximum atomic E-state index is 12.7. The Morgan fingerprint density at radius 2 is 2.00 bits per heavy atom. The predicted octanol–water partition coefficient (Wildman–Crippen LogP) is 4.21. The number of thiazole rings is 1. The lowest BCUT2D eigenvalue weighted by molar-refractivity contribution is 0.102. The first-order chi connectivity index (χ1) is 14.9. The molecule has 2 aromatic heterocycles. The van der Waals surface area contributed by atoms with Crippen LogP contribution in [0.5, 0.6) is 11.5 Å². The number of rotatable bonds is 6. The highest BCUT2D eigenvalue weighted by atomic mass is 32.1. The number of nitrogens with zero attached hydrogens (tertiary/aromatic N) is 2. The van der Waals surface area contributed by atoms with E-state index in [0.717, 1.165) is 11.3 Å². The van der Waals surface area contributed by atoms with E-state index in [1.807, 2.05) is 31.4 Å². The standard InChI is InChI=1S/C23H21N3O4S/c1-14-7-8-20(19(9-14)25-22(28)16-5-4-6-18(10-16)29-3)30-12-17-11-21(27)26-15(2)13-31-23(26)24-17/h4-11,13H,12H2,1-3H3,(H,25,28). The van der Waals surface area contributed by atoms with Crippen LogP contribution in [-0.2, 0) is 6.61 Å². The monoisotopic (exact) mass is 435 g/mol. The van der Waals surface area contributed by atoms with Crippen LogP contribution in [0.25, 0.3) is 4.96 Å². The van der Waals surface area contributed by atoms with Gasteiger partial charge in [0.05, 0.1) is 18.5 Å². The molecule has 0 radical (unpaired) electrons. The molecular formula is C23H21N3O4S. The van der Waals surface area contributed by atoms with Crippen LogP contribution in [0.15, 0.2) is 58.7 Å². The molecule has 0 aliphatic heterocycles. The van der Waals surface area contributed by atoms with Gasteiger partial charge < -0.3 is 14.8 Å². The molecule has 0 saturated heterocycles. The maximum absolute atomic E-state index is 12.7. The van der Waals surface area contributed by atoms with Gasteiger partial charge in [-0.3, -0.25) is 14.0 Å². The Balaban J connectivity index is 1.56. The highest BCUT2D eigenvalue weighted by Gasteiger charge is 2.13. The molecule has 1 amide bonds. The quantitative estimate of drug-likeness (QED) is 0.491. The van der Waals surface area contributed by atoms with E-state index >= 15 is 0 Å². The van der Waals surface area contributed by atoms with Crippen LogP contribution in [0.1, 0.15) is 27.3 Å². The minimum absolute atomic E-state index is 0.105. The van der Waals surface area contributed by atoms with Crippen molar-refractivity contribution in [1.82, 2.24) is 9.38 Å². The first-order valence-corrected chi connectivity index (χ1v) is 10.5. The van der Waals surface area contributed by atoms with Crippen molar-refractivity contribution >= 4 is 27.9 Å². The zero-order valence-electron chi connectivity index (χ0n) is 17.3. The second-order valence-electron chi connectivity index (χ2n) is 7.06. The Kier molecular flexibility index (Phi) is 5.73. The molecule has 7 nitrogen and oxygen atoms in total. The van der Waals surface area contributed by atoms with Gasteiger partial charge in [0.25, 0.3) is 11.5 Å². The summed E-state index contributed by atoms with van der Waals surface area (Å²) in [5, 5.41) is 4.79. The fourth-order valence-corrected chi connectivity index (χ4v) is 4.04. The van der Waals surface area contributed by atoms with E-state index in [-0.39, 0.29) is 18.1 Å². The number of ether oxygens (including phenoxy) is 2. The van der Waals surface area contributed by atoms with Crippen molar-refractivity contribution in [2.45, 2.75) is 20.5 Å². The minimum Gasteiger partial charge on any atom is -0.497 e. The Morgan fingerprint density at radius 1 is 1.16 bits per heavy atom. The van der Waals surface area contributed by atoms with E-state index in [1.165, 1.54) is 17.4 Å². The van der Waals surface area contributed by atoms with Crippen LogP contribution < -0.4 is 20.3 Å². The van der Waals surface area contributed by atoms with Crippen molar-refractivity contribution in [3.63, 3.8) is 0 Å². The summed E-state index contributed by atoms with van der Waals surface area (Å²) in [6.07, 6.45) is 0. The molecule has 2 heterocycles. The Bertz CT molecular complexity index is 1330. The molecule has 0 bridgehead atoms. The highest BCUT2D eigenvalue weighted by molar-refractivity contribution is 7.15. The molecule has 0 spiro atoms. The average Bonchev–Trinajstić information content (AvgIpc) is 3.14. The summed E-state index contributed by atoms with van der Waals surface area (Å²) in [5.41, 5.74) is 3.22. The molecular weight excluding hydrogens is 414 g/mol. The Morgan fingerprint density at radius 3 is 2.81 bits per heavy atom. The van der Waals surface area contributed by atoms with Crippen LogP contribution in [0.2, 0.25) is 0 Å². The van der Waals surface area contributed by atoms with Gasteiger partial charge in [-0.15, -0.1) is 11.3 Å². The van der Waals surface area contributed by atoms with Gasteiger partial charge in [0.1, 0.15) is 18.1 Å². The van der Waals surface area contributed by atoms with Crippen LogP contribution in [-0.4, -0.2) is 22.4 Å². The predicted molar refractivity (Wildman–Crippen MR) is 121 cm³/mol. The number of nitrogens with one attached hydrogen (secondary N) is 1. The number of carbonyl (C=O) groups excluding carboxylic acids is 1. The molecule has 0 saturated carbocycles. The summed E-state index contributed by atoms with van der Waals surface area (Å²) < 4.78 is 12.7. The lowest BCUT2D eigenvalue weighted by atomic mass is 10.1. The van der Waals surface area contributed by atoms with Gasteiger partial charge in [-0.1, -0.05) is 12.1 Å². The van der Waals surface area contributed by atoms with Crippen LogP contribution in [0.3, 0.4) is 0 Å². The van der Waals surface area contributed by atoms with E-state index in [0.29, 0.717) is 33.4 Å². The van der Waals surface area contributed by atoms with E-state index in [1.54, 1.807) is 41.8 Å². The third-order valence-electron chi connectivity index (χ3n) is 4.72. The molecule has 8 heteroatoms. The van der Waals surface area contributed by atoms with Gasteiger partial charge in [0, 0.05) is 22.7 Å². The third-order valence-corrected chi connectivity index (χ3v) is 5.66. The number of aromatic nitrogens is 2. The molecule has 158 valence electrons. The summed E-state index contributed by atoms with van der Waals surface area (Å²) in [6, 6.07) is 13.9. The fourth-order valence-electron chi connectivity index (χ4n) is 3.15. The van der Waals surface area contributed by atoms with Crippen molar-refractivity contribution < 1.29 is 14.3 Å². The highest BCUT2D eigenvalue weighted by Crippen LogP contribution is 2.27. The maximum Gasteiger partial charge on any atom is 0.259 e. The normalized spacial score (nSPS) is 10.8. The molecule has 4 aromatic rings. The molecule has 0 fully saturated rings. The second kappa shape index (κ2) is 8.61. The summed E-state index contributed by atoms with van der Waals surface area (Å²) in [4.78, 5) is 30.2. The number of hydrogen-bond donors (Lipinski definition) is 1. The number of amides is 1. The number of carbonyl (C=O) groups is 1. The van der Waals surface area contributed by atoms with Gasteiger partial charge in [-0.25, -0.2) is 4.98 Å². The van der Waals surface area contributed by atoms with E-state index in [9.17, 15) is 9.59 Å². The molecule has 0 aliphatic rings. The third kappa shape index (κ3) is 4.44. The number of anilines is 1. The zero-order chi connectivity index (χ0) is 22.0. The van der Waals surface area contributed by atoms with Crippen molar-refractivity contribution in [2.24, 2.45) is 0 Å². The largest absolute Gasteiger partial charge is 0.497 e. The second-order valence-corrected chi connectivity index (χ2v) is 7.89. The van der Waals surface area contributed by atoms with Gasteiger partial charge in [0.2, 0.25) is 0 Å². The SMILES string of the molecule is COc1cccc(C(=O)Nc2cc(C)ccc2OCc2cc(=O)n3c(C)csc3n2)c1. The first kappa shape index (κ1) is 20.6. The topological polar surface area (TPSA) is 81.9 Å². The summed E-state index contributed by atoms with van der Waals surface area (Å²) in [5.74, 6) is 0.817. The lowest BCUT2D eigenvalue weighted by Crippen LogP contribution is -2.16. The Labute approximate surface area is 182 Å². The van der Waals surface area contributed by atoms with Crippen LogP contribution >= 0.6 is 11.3 Å². The lowest BCUT2D eigenvalue weighted by Gasteiger charge is -2.14. The average molecular weight is 436 g/mol. The number of hydrogen-bond acceptors (Lipinski definition) is 6. The number of benzene rings is 2. The molecule has 0 atom stereocenters. The van der Waals surface area contributed by atoms with Crippen molar-refractivity contribution in [2.75, 3.05) is 12.4 Å². The number of methoxy groups -OCH3 is 1. The van der Waals surface area contributed by atoms with Gasteiger partial charge in [-0.05, 0) is 49.7 Å². The van der Waals surface area contributed by atoms with Gasteiger partial charge in [-0.2, -0.15) is 0 Å². The zero-order valence-corrected chi connectivity index (χ0v) is 18.2. The minimum atomic E-state index is -0.277. The number of fused-ring (bicyclic) bond motifs is 1. The summed E-state index contributed by atoms with van der Waals surface area (Å²) >= 11 is 1.41. The van der Waals surface area contributed by atoms with Crippen molar-refractivity contribution in [3.8, 4) is 11.5 Å². The molecule has 0 aliphatic carbocycles. The molecule has 31 heavy (non-hydrogen) atoms. The van der Waals surface area contributed by atoms with E-state index in [4.69, 9.17) is 9.47 Å². The first-order valence-electron chi connectivity index (χ1n) is 9.60. The van der Waals surface area contributed by atoms with Crippen molar-refractivity contribution in [1.29, 1.82) is 0 Å². The summed E-state index contributed by atoms with van der Waals surface area (Å²) in [7, 11) is 1.55.